The quantitative estimate of drug-likeness (QED) is 0.176. The molecule has 2 heteroatoms. The zero-order valence-electron chi connectivity index (χ0n) is 28.6. The maximum Gasteiger partial charge on any atom is 0.0476 e. The van der Waals surface area contributed by atoms with E-state index >= 15 is 0 Å². The van der Waals surface area contributed by atoms with Crippen molar-refractivity contribution >= 4 is 59.3 Å². The van der Waals surface area contributed by atoms with E-state index in [2.05, 4.69) is 195 Å². The lowest BCUT2D eigenvalue weighted by atomic mass is 9.81. The summed E-state index contributed by atoms with van der Waals surface area (Å²) >= 11 is 1.86. The number of fused-ring (bicyclic) bond motifs is 7. The Hall–Kier alpha value is -5.96. The predicted octanol–water partition coefficient (Wildman–Crippen LogP) is 14.3. The van der Waals surface area contributed by atoms with E-state index in [1.54, 1.807) is 0 Å². The van der Waals surface area contributed by atoms with Gasteiger partial charge in [0, 0.05) is 42.6 Å². The van der Waals surface area contributed by atoms with Gasteiger partial charge in [0.2, 0.25) is 0 Å². The first-order valence-corrected chi connectivity index (χ1v) is 18.5. The highest BCUT2D eigenvalue weighted by Gasteiger charge is 2.35. The molecule has 1 nitrogen and oxygen atoms in total. The van der Waals surface area contributed by atoms with Crippen molar-refractivity contribution in [1.82, 2.24) is 0 Å². The number of nitrogens with zero attached hydrogens (tertiary/aromatic N) is 1. The van der Waals surface area contributed by atoms with Gasteiger partial charge in [0.1, 0.15) is 0 Å². The summed E-state index contributed by atoms with van der Waals surface area (Å²) in [5.74, 6) is 0. The Bertz CT molecular complexity index is 2780. The van der Waals surface area contributed by atoms with Crippen LogP contribution in [-0.2, 0) is 5.41 Å². The molecule has 242 valence electrons. The van der Waals surface area contributed by atoms with Crippen molar-refractivity contribution < 1.29 is 0 Å². The van der Waals surface area contributed by atoms with Gasteiger partial charge in [-0.15, -0.1) is 11.3 Å². The summed E-state index contributed by atoms with van der Waals surface area (Å²) in [5, 5.41) is 5.14. The topological polar surface area (TPSA) is 3.24 Å². The van der Waals surface area contributed by atoms with Crippen LogP contribution in [0.4, 0.5) is 17.1 Å². The summed E-state index contributed by atoms with van der Waals surface area (Å²) in [6.07, 6.45) is 0. The molecule has 0 unspecified atom stereocenters. The zero-order valence-corrected chi connectivity index (χ0v) is 29.4. The van der Waals surface area contributed by atoms with Crippen LogP contribution in [0.1, 0.15) is 25.0 Å². The summed E-state index contributed by atoms with van der Waals surface area (Å²) in [6.45, 7) is 4.70. The molecule has 0 saturated carbocycles. The van der Waals surface area contributed by atoms with Gasteiger partial charge in [-0.25, -0.2) is 0 Å². The molecule has 8 aromatic carbocycles. The van der Waals surface area contributed by atoms with E-state index < -0.39 is 0 Å². The molecule has 1 aliphatic carbocycles. The minimum Gasteiger partial charge on any atom is -0.310 e. The van der Waals surface area contributed by atoms with Gasteiger partial charge < -0.3 is 4.90 Å². The normalized spacial score (nSPS) is 13.1. The monoisotopic (exact) mass is 669 g/mol. The van der Waals surface area contributed by atoms with Crippen LogP contribution in [0.2, 0.25) is 0 Å². The fraction of sp³-hybridized carbons (Fsp3) is 0.0612. The number of hydrogen-bond donors (Lipinski definition) is 0. The second-order valence-electron chi connectivity index (χ2n) is 14.2. The lowest BCUT2D eigenvalue weighted by Crippen LogP contribution is -2.14. The van der Waals surface area contributed by atoms with Gasteiger partial charge in [0.25, 0.3) is 0 Å². The summed E-state index contributed by atoms with van der Waals surface area (Å²) < 4.78 is 2.61. The lowest BCUT2D eigenvalue weighted by Gasteiger charge is -2.26. The van der Waals surface area contributed by atoms with Gasteiger partial charge in [0.05, 0.1) is 0 Å². The molecule has 0 atom stereocenters. The fourth-order valence-electron chi connectivity index (χ4n) is 8.28. The van der Waals surface area contributed by atoms with Crippen LogP contribution in [0.25, 0.3) is 64.3 Å². The first-order valence-electron chi connectivity index (χ1n) is 17.7. The molecule has 0 amide bonds. The van der Waals surface area contributed by atoms with E-state index in [1.165, 1.54) is 75.5 Å². The van der Waals surface area contributed by atoms with E-state index in [9.17, 15) is 0 Å². The average Bonchev–Trinajstić information content (AvgIpc) is 3.66. The number of benzene rings is 8. The third-order valence-electron chi connectivity index (χ3n) is 10.9. The van der Waals surface area contributed by atoms with Crippen molar-refractivity contribution in [1.29, 1.82) is 0 Å². The van der Waals surface area contributed by atoms with Gasteiger partial charge in [-0.05, 0) is 104 Å². The molecule has 0 bridgehead atoms. The van der Waals surface area contributed by atoms with Crippen LogP contribution < -0.4 is 4.90 Å². The fourth-order valence-corrected chi connectivity index (χ4v) is 9.42. The Morgan fingerprint density at radius 3 is 1.94 bits per heavy atom. The molecule has 10 rings (SSSR count). The first kappa shape index (κ1) is 29.9. The van der Waals surface area contributed by atoms with Crippen LogP contribution >= 0.6 is 11.3 Å². The van der Waals surface area contributed by atoms with Crippen LogP contribution in [0.15, 0.2) is 176 Å². The lowest BCUT2D eigenvalue weighted by molar-refractivity contribution is 0.660. The molecule has 0 N–H and O–H groups in total. The molecule has 0 saturated heterocycles. The minimum absolute atomic E-state index is 0.0288. The van der Waals surface area contributed by atoms with Crippen LogP contribution in [0.3, 0.4) is 0 Å². The maximum absolute atomic E-state index is 2.41. The van der Waals surface area contributed by atoms with Gasteiger partial charge >= 0.3 is 0 Å². The summed E-state index contributed by atoms with van der Waals surface area (Å²) in [4.78, 5) is 2.41. The second kappa shape index (κ2) is 11.6. The largest absolute Gasteiger partial charge is 0.310 e. The highest BCUT2D eigenvalue weighted by Crippen LogP contribution is 2.50. The number of thiophene rings is 1. The Morgan fingerprint density at radius 2 is 1.04 bits per heavy atom. The molecule has 1 aliphatic rings. The van der Waals surface area contributed by atoms with Gasteiger partial charge in [-0.3, -0.25) is 0 Å². The molecule has 51 heavy (non-hydrogen) atoms. The molecule has 9 aromatic rings. The number of anilines is 3. The van der Waals surface area contributed by atoms with Gasteiger partial charge in [-0.1, -0.05) is 141 Å². The molecule has 1 heterocycles. The van der Waals surface area contributed by atoms with Crippen molar-refractivity contribution in [3.05, 3.63) is 187 Å². The average molecular weight is 670 g/mol. The maximum atomic E-state index is 2.41. The van der Waals surface area contributed by atoms with E-state index in [4.69, 9.17) is 0 Å². The molecule has 1 aromatic heterocycles. The Kier molecular flexibility index (Phi) is 6.78. The van der Waals surface area contributed by atoms with E-state index in [0.717, 1.165) is 17.1 Å². The molecular formula is C49H35NS. The van der Waals surface area contributed by atoms with E-state index in [1.807, 2.05) is 11.3 Å². The molecular weight excluding hydrogens is 635 g/mol. The third kappa shape index (κ3) is 4.82. The number of rotatable bonds is 5. The molecule has 0 spiro atoms. The Balaban J connectivity index is 1.09. The van der Waals surface area contributed by atoms with Crippen molar-refractivity contribution in [3.8, 4) is 33.4 Å². The highest BCUT2D eigenvalue weighted by atomic mass is 32.1. The van der Waals surface area contributed by atoms with Crippen molar-refractivity contribution in [3.63, 3.8) is 0 Å². The summed E-state index contributed by atoms with van der Waals surface area (Å²) in [7, 11) is 0. The zero-order chi connectivity index (χ0) is 34.1. The summed E-state index contributed by atoms with van der Waals surface area (Å²) in [5.41, 5.74) is 13.8. The SMILES string of the molecule is CC1(C)c2ccccc2-c2ccc(-c3ccc(N(c4cccc(-c5cccc6ccccc56)c4)c4ccc5c(c4)sc4ccccc45)cc3)cc21. The Morgan fingerprint density at radius 1 is 0.392 bits per heavy atom. The van der Waals surface area contributed by atoms with Crippen LogP contribution in [0, 0.1) is 0 Å². The van der Waals surface area contributed by atoms with Crippen molar-refractivity contribution in [2.75, 3.05) is 4.90 Å². The molecule has 0 radical (unpaired) electrons. The van der Waals surface area contributed by atoms with Crippen LogP contribution in [-0.4, -0.2) is 0 Å². The van der Waals surface area contributed by atoms with Gasteiger partial charge in [0.15, 0.2) is 0 Å². The number of hydrogen-bond acceptors (Lipinski definition) is 2. The standard InChI is InChI=1S/C49H35NS/c1-49(2)45-19-7-5-16-41(45)42-27-23-34(30-46(42)49)32-21-24-36(25-22-32)50(38-26-28-44-43-17-6-8-20-47(43)51-48(44)31-38)37-14-9-13-35(29-37)40-18-10-12-33-11-3-4-15-39(33)40/h3-31H,1-2H3. The smallest absolute Gasteiger partial charge is 0.0476 e. The summed E-state index contributed by atoms with van der Waals surface area (Å²) in [6, 6.07) is 64.9. The van der Waals surface area contributed by atoms with Crippen molar-refractivity contribution in [2.45, 2.75) is 19.3 Å². The van der Waals surface area contributed by atoms with Gasteiger partial charge in [-0.2, -0.15) is 0 Å². The third-order valence-corrected chi connectivity index (χ3v) is 12.0. The minimum atomic E-state index is -0.0288. The predicted molar refractivity (Wildman–Crippen MR) is 220 cm³/mol. The first-order chi connectivity index (χ1) is 25.0. The Labute approximate surface area is 302 Å². The molecule has 0 aliphatic heterocycles. The van der Waals surface area contributed by atoms with E-state index in [-0.39, 0.29) is 5.41 Å². The highest BCUT2D eigenvalue weighted by molar-refractivity contribution is 7.25. The van der Waals surface area contributed by atoms with Crippen LogP contribution in [0.5, 0.6) is 0 Å². The molecule has 0 fully saturated rings. The second-order valence-corrected chi connectivity index (χ2v) is 15.3. The van der Waals surface area contributed by atoms with Crippen molar-refractivity contribution in [2.24, 2.45) is 0 Å². The van der Waals surface area contributed by atoms with E-state index in [0.29, 0.717) is 0 Å².